The molecule has 3 rings (SSSR count). The molecule has 1 aliphatic heterocycles. The van der Waals surface area contributed by atoms with Crippen molar-refractivity contribution in [2.24, 2.45) is 5.92 Å². The molecule has 28 heavy (non-hydrogen) atoms. The Morgan fingerprint density at radius 3 is 2.54 bits per heavy atom. The molecule has 0 spiro atoms. The third-order valence-corrected chi connectivity index (χ3v) is 4.99. The zero-order valence-electron chi connectivity index (χ0n) is 15.9. The fraction of sp³-hybridized carbons (Fsp3) is 0.318. The Balaban J connectivity index is 1.67. The lowest BCUT2D eigenvalue weighted by Crippen LogP contribution is -2.43. The zero-order valence-corrected chi connectivity index (χ0v) is 15.9. The second-order valence-electron chi connectivity index (χ2n) is 7.17. The maximum atomic E-state index is 12.8. The normalized spacial score (nSPS) is 16.5. The average molecular weight is 380 g/mol. The van der Waals surface area contributed by atoms with Gasteiger partial charge in [-0.3, -0.25) is 14.4 Å². The van der Waals surface area contributed by atoms with E-state index in [9.17, 15) is 14.4 Å². The van der Waals surface area contributed by atoms with E-state index in [0.717, 1.165) is 12.0 Å². The van der Waals surface area contributed by atoms with Crippen molar-refractivity contribution < 1.29 is 19.5 Å². The predicted molar refractivity (Wildman–Crippen MR) is 106 cm³/mol. The molecule has 2 aromatic carbocycles. The molecule has 0 radical (unpaired) electrons. The molecule has 2 amide bonds. The smallest absolute Gasteiger partial charge is 0.307 e. The third-order valence-electron chi connectivity index (χ3n) is 4.99. The molecule has 1 heterocycles. The molecular weight excluding hydrogens is 356 g/mol. The SMILES string of the molecule is Cc1ccc(C(=O)N2CCCC(C(=O)Nc3ccccc3CC(=O)O)C2)cc1. The van der Waals surface area contributed by atoms with Crippen LogP contribution in [0.25, 0.3) is 0 Å². The summed E-state index contributed by atoms with van der Waals surface area (Å²) < 4.78 is 0. The minimum absolute atomic E-state index is 0.0659. The molecule has 0 bridgehead atoms. The number of carboxylic acids is 1. The lowest BCUT2D eigenvalue weighted by atomic mass is 9.96. The van der Waals surface area contributed by atoms with E-state index < -0.39 is 5.97 Å². The van der Waals surface area contributed by atoms with Crippen LogP contribution < -0.4 is 5.32 Å². The molecule has 1 fully saturated rings. The molecule has 1 saturated heterocycles. The second-order valence-corrected chi connectivity index (χ2v) is 7.17. The van der Waals surface area contributed by atoms with Crippen LogP contribution in [0.3, 0.4) is 0 Å². The quantitative estimate of drug-likeness (QED) is 0.834. The van der Waals surface area contributed by atoms with Gasteiger partial charge in [-0.2, -0.15) is 0 Å². The number of hydrogen-bond donors (Lipinski definition) is 2. The van der Waals surface area contributed by atoms with Crippen LogP contribution >= 0.6 is 0 Å². The summed E-state index contributed by atoms with van der Waals surface area (Å²) in [4.78, 5) is 38.2. The minimum Gasteiger partial charge on any atom is -0.481 e. The number of carbonyl (C=O) groups is 3. The van der Waals surface area contributed by atoms with E-state index in [4.69, 9.17) is 5.11 Å². The van der Waals surface area contributed by atoms with Gasteiger partial charge in [0.1, 0.15) is 0 Å². The Morgan fingerprint density at radius 2 is 1.82 bits per heavy atom. The van der Waals surface area contributed by atoms with E-state index in [1.807, 2.05) is 31.2 Å². The number of nitrogens with one attached hydrogen (secondary N) is 1. The number of amides is 2. The van der Waals surface area contributed by atoms with Gasteiger partial charge in [-0.1, -0.05) is 35.9 Å². The van der Waals surface area contributed by atoms with Crippen molar-refractivity contribution in [3.63, 3.8) is 0 Å². The highest BCUT2D eigenvalue weighted by Gasteiger charge is 2.29. The number of hydrogen-bond acceptors (Lipinski definition) is 3. The monoisotopic (exact) mass is 380 g/mol. The van der Waals surface area contributed by atoms with Gasteiger partial charge in [0.25, 0.3) is 5.91 Å². The van der Waals surface area contributed by atoms with Gasteiger partial charge in [0, 0.05) is 24.3 Å². The molecule has 6 heteroatoms. The maximum Gasteiger partial charge on any atom is 0.307 e. The van der Waals surface area contributed by atoms with Gasteiger partial charge >= 0.3 is 5.97 Å². The second kappa shape index (κ2) is 8.69. The molecule has 146 valence electrons. The molecule has 2 N–H and O–H groups in total. The lowest BCUT2D eigenvalue weighted by molar-refractivity contribution is -0.136. The molecule has 2 aromatic rings. The first-order chi connectivity index (χ1) is 13.4. The highest BCUT2D eigenvalue weighted by Crippen LogP contribution is 2.22. The standard InChI is InChI=1S/C22H24N2O4/c1-15-8-10-16(11-9-15)22(28)24-12-4-6-18(14-24)21(27)23-19-7-3-2-5-17(19)13-20(25)26/h2-3,5,7-11,18H,4,6,12-14H2,1H3,(H,23,27)(H,25,26). The number of aryl methyl sites for hydroxylation is 1. The highest BCUT2D eigenvalue weighted by atomic mass is 16.4. The van der Waals surface area contributed by atoms with Gasteiger partial charge < -0.3 is 15.3 Å². The Hall–Kier alpha value is -3.15. The van der Waals surface area contributed by atoms with Crippen molar-refractivity contribution in [2.45, 2.75) is 26.2 Å². The molecule has 1 unspecified atom stereocenters. The van der Waals surface area contributed by atoms with Crippen LogP contribution in [0.2, 0.25) is 0 Å². The topological polar surface area (TPSA) is 86.7 Å². The predicted octanol–water partition coefficient (Wildman–Crippen LogP) is 3.11. The Bertz CT molecular complexity index is 876. The number of rotatable bonds is 5. The maximum absolute atomic E-state index is 12.8. The van der Waals surface area contributed by atoms with Crippen molar-refractivity contribution in [3.05, 3.63) is 65.2 Å². The molecule has 0 aromatic heterocycles. The number of para-hydroxylation sites is 1. The van der Waals surface area contributed by atoms with Crippen LogP contribution in [-0.4, -0.2) is 40.9 Å². The van der Waals surface area contributed by atoms with Crippen molar-refractivity contribution in [1.29, 1.82) is 0 Å². The van der Waals surface area contributed by atoms with Crippen LogP contribution in [0.1, 0.15) is 34.3 Å². The highest BCUT2D eigenvalue weighted by molar-refractivity contribution is 5.96. The summed E-state index contributed by atoms with van der Waals surface area (Å²) >= 11 is 0. The van der Waals surface area contributed by atoms with Gasteiger partial charge in [-0.25, -0.2) is 0 Å². The van der Waals surface area contributed by atoms with Crippen LogP contribution in [0.15, 0.2) is 48.5 Å². The minimum atomic E-state index is -0.950. The number of likely N-dealkylation sites (tertiary alicyclic amines) is 1. The number of benzene rings is 2. The van der Waals surface area contributed by atoms with E-state index in [-0.39, 0.29) is 24.2 Å². The van der Waals surface area contributed by atoms with E-state index >= 15 is 0 Å². The lowest BCUT2D eigenvalue weighted by Gasteiger charge is -2.32. The zero-order chi connectivity index (χ0) is 20.1. The van der Waals surface area contributed by atoms with Gasteiger partial charge in [-0.15, -0.1) is 0 Å². The first kappa shape index (κ1) is 19.6. The summed E-state index contributed by atoms with van der Waals surface area (Å²) in [5.41, 5.74) is 2.79. The summed E-state index contributed by atoms with van der Waals surface area (Å²) in [6.07, 6.45) is 1.30. The van der Waals surface area contributed by atoms with Gasteiger partial charge in [0.05, 0.1) is 12.3 Å². The van der Waals surface area contributed by atoms with Crippen LogP contribution in [0.5, 0.6) is 0 Å². The first-order valence-electron chi connectivity index (χ1n) is 9.40. The van der Waals surface area contributed by atoms with Crippen molar-refractivity contribution >= 4 is 23.5 Å². The Morgan fingerprint density at radius 1 is 1.11 bits per heavy atom. The number of aliphatic carboxylic acids is 1. The van der Waals surface area contributed by atoms with Gasteiger partial charge in [-0.05, 0) is 43.5 Å². The van der Waals surface area contributed by atoms with E-state index in [0.29, 0.717) is 36.3 Å². The van der Waals surface area contributed by atoms with Gasteiger partial charge in [0.15, 0.2) is 0 Å². The fourth-order valence-corrected chi connectivity index (χ4v) is 3.45. The van der Waals surface area contributed by atoms with E-state index in [1.165, 1.54) is 0 Å². The first-order valence-corrected chi connectivity index (χ1v) is 9.40. The summed E-state index contributed by atoms with van der Waals surface area (Å²) in [6.45, 7) is 2.96. The number of anilines is 1. The molecule has 1 atom stereocenters. The van der Waals surface area contributed by atoms with Crippen molar-refractivity contribution in [1.82, 2.24) is 4.90 Å². The number of piperidine rings is 1. The van der Waals surface area contributed by atoms with Crippen LogP contribution in [0, 0.1) is 12.8 Å². The summed E-state index contributed by atoms with van der Waals surface area (Å²) in [6, 6.07) is 14.3. The number of carboxylic acid groups (broad SMARTS) is 1. The van der Waals surface area contributed by atoms with Crippen molar-refractivity contribution in [3.8, 4) is 0 Å². The molecule has 0 saturated carbocycles. The molecule has 1 aliphatic rings. The Kier molecular flexibility index (Phi) is 6.09. The average Bonchev–Trinajstić information content (AvgIpc) is 2.69. The largest absolute Gasteiger partial charge is 0.481 e. The van der Waals surface area contributed by atoms with Gasteiger partial charge in [0.2, 0.25) is 5.91 Å². The summed E-state index contributed by atoms with van der Waals surface area (Å²) in [7, 11) is 0. The van der Waals surface area contributed by atoms with Crippen LogP contribution in [0.4, 0.5) is 5.69 Å². The van der Waals surface area contributed by atoms with E-state index in [1.54, 1.807) is 29.2 Å². The van der Waals surface area contributed by atoms with Crippen molar-refractivity contribution in [2.75, 3.05) is 18.4 Å². The summed E-state index contributed by atoms with van der Waals surface area (Å²) in [5, 5.41) is 11.9. The number of nitrogens with zero attached hydrogens (tertiary/aromatic N) is 1. The number of carbonyl (C=O) groups excluding carboxylic acids is 2. The third kappa shape index (κ3) is 4.76. The molecule has 6 nitrogen and oxygen atoms in total. The Labute approximate surface area is 164 Å². The summed E-state index contributed by atoms with van der Waals surface area (Å²) in [5.74, 6) is -1.52. The van der Waals surface area contributed by atoms with Crippen LogP contribution in [-0.2, 0) is 16.0 Å². The van der Waals surface area contributed by atoms with E-state index in [2.05, 4.69) is 5.32 Å². The molecular formula is C22H24N2O4. The fourth-order valence-electron chi connectivity index (χ4n) is 3.45. The molecule has 0 aliphatic carbocycles.